The molecule has 72 valence electrons. The molecule has 1 rings (SSSR count). The van der Waals surface area contributed by atoms with Gasteiger partial charge in [0.05, 0.1) is 18.4 Å². The summed E-state index contributed by atoms with van der Waals surface area (Å²) in [5.74, 6) is 0.329. The van der Waals surface area contributed by atoms with E-state index in [0.717, 1.165) is 6.42 Å². The number of hydrogen-bond donors (Lipinski definition) is 1. The van der Waals surface area contributed by atoms with Gasteiger partial charge in [0.2, 0.25) is 0 Å². The Morgan fingerprint density at radius 1 is 1.69 bits per heavy atom. The Morgan fingerprint density at radius 3 is 2.92 bits per heavy atom. The molecule has 0 fully saturated rings. The van der Waals surface area contributed by atoms with E-state index >= 15 is 0 Å². The highest BCUT2D eigenvalue weighted by Crippen LogP contribution is 2.08. The normalized spacial score (nSPS) is 10.0. The summed E-state index contributed by atoms with van der Waals surface area (Å²) in [6.45, 7) is 4.23. The molecule has 1 aromatic rings. The first kappa shape index (κ1) is 9.57. The van der Waals surface area contributed by atoms with E-state index in [4.69, 9.17) is 10.5 Å². The zero-order chi connectivity index (χ0) is 9.84. The molecule has 0 amide bonds. The highest BCUT2D eigenvalue weighted by molar-refractivity contribution is 5.19. The molecule has 0 unspecified atom stereocenters. The van der Waals surface area contributed by atoms with Gasteiger partial charge in [0.25, 0.3) is 5.88 Å². The zero-order valence-electron chi connectivity index (χ0n) is 7.78. The molecule has 0 saturated heterocycles. The average molecular weight is 183 g/mol. The maximum atomic E-state index is 11.1. The van der Waals surface area contributed by atoms with Crippen LogP contribution in [0.4, 0.5) is 5.95 Å². The maximum absolute atomic E-state index is 11.1. The molecule has 0 atom stereocenters. The van der Waals surface area contributed by atoms with Gasteiger partial charge >= 0.3 is 5.95 Å². The SMILES string of the molecule is CCCOc1cc(C)[n+]([O-])c(N)n1. The van der Waals surface area contributed by atoms with Gasteiger partial charge in [-0.2, -0.15) is 0 Å². The molecule has 1 aromatic heterocycles. The summed E-state index contributed by atoms with van der Waals surface area (Å²) in [5, 5.41) is 11.1. The Balaban J connectivity index is 2.86. The number of anilines is 1. The van der Waals surface area contributed by atoms with Crippen LogP contribution in [-0.4, -0.2) is 11.6 Å². The lowest BCUT2D eigenvalue weighted by atomic mass is 10.4. The van der Waals surface area contributed by atoms with E-state index in [1.807, 2.05) is 6.92 Å². The smallest absolute Gasteiger partial charge is 0.393 e. The molecular weight excluding hydrogens is 170 g/mol. The number of aromatic nitrogens is 2. The van der Waals surface area contributed by atoms with E-state index in [1.54, 1.807) is 13.0 Å². The van der Waals surface area contributed by atoms with E-state index in [-0.39, 0.29) is 5.95 Å². The molecule has 0 bridgehead atoms. The van der Waals surface area contributed by atoms with E-state index in [9.17, 15) is 5.21 Å². The highest BCUT2D eigenvalue weighted by Gasteiger charge is 2.08. The molecule has 1 heterocycles. The van der Waals surface area contributed by atoms with E-state index < -0.39 is 0 Å². The van der Waals surface area contributed by atoms with Crippen molar-refractivity contribution in [2.24, 2.45) is 0 Å². The number of rotatable bonds is 3. The summed E-state index contributed by atoms with van der Waals surface area (Å²) in [6, 6.07) is 1.57. The molecule has 0 aliphatic carbocycles. The molecule has 0 aromatic carbocycles. The van der Waals surface area contributed by atoms with E-state index in [0.29, 0.717) is 22.9 Å². The molecule has 5 nitrogen and oxygen atoms in total. The second-order valence-electron chi connectivity index (χ2n) is 2.74. The van der Waals surface area contributed by atoms with Crippen molar-refractivity contribution in [3.63, 3.8) is 0 Å². The molecule has 0 spiro atoms. The molecule has 2 N–H and O–H groups in total. The van der Waals surface area contributed by atoms with Crippen molar-refractivity contribution in [1.29, 1.82) is 0 Å². The lowest BCUT2D eigenvalue weighted by Crippen LogP contribution is -2.35. The van der Waals surface area contributed by atoms with E-state index in [1.165, 1.54) is 0 Å². The minimum absolute atomic E-state index is 0.0777. The predicted molar refractivity (Wildman–Crippen MR) is 48.1 cm³/mol. The van der Waals surface area contributed by atoms with Crippen molar-refractivity contribution in [2.75, 3.05) is 12.3 Å². The Kier molecular flexibility index (Phi) is 2.89. The van der Waals surface area contributed by atoms with Crippen molar-refractivity contribution >= 4 is 5.95 Å². The molecule has 13 heavy (non-hydrogen) atoms. The van der Waals surface area contributed by atoms with Crippen LogP contribution >= 0.6 is 0 Å². The molecule has 5 heteroatoms. The highest BCUT2D eigenvalue weighted by atomic mass is 16.5. The summed E-state index contributed by atoms with van der Waals surface area (Å²) in [6.07, 6.45) is 0.896. The summed E-state index contributed by atoms with van der Waals surface area (Å²) < 4.78 is 5.80. The van der Waals surface area contributed by atoms with Gasteiger partial charge in [-0.3, -0.25) is 5.73 Å². The summed E-state index contributed by atoms with van der Waals surface area (Å²) in [4.78, 5) is 3.78. The fourth-order valence-electron chi connectivity index (χ4n) is 0.889. The lowest BCUT2D eigenvalue weighted by Gasteiger charge is -2.09. The second-order valence-corrected chi connectivity index (χ2v) is 2.74. The van der Waals surface area contributed by atoms with Crippen LogP contribution in [0, 0.1) is 12.1 Å². The van der Waals surface area contributed by atoms with Crippen molar-refractivity contribution < 1.29 is 9.47 Å². The van der Waals surface area contributed by atoms with Crippen molar-refractivity contribution in [3.8, 4) is 5.88 Å². The van der Waals surface area contributed by atoms with Gasteiger partial charge in [-0.1, -0.05) is 6.92 Å². The quantitative estimate of drug-likeness (QED) is 0.543. The predicted octanol–water partition coefficient (Wildman–Crippen LogP) is 0.394. The first-order valence-corrected chi connectivity index (χ1v) is 4.14. The number of nitrogens with zero attached hydrogens (tertiary/aromatic N) is 2. The van der Waals surface area contributed by atoms with Gasteiger partial charge in [0.15, 0.2) is 0 Å². The lowest BCUT2D eigenvalue weighted by molar-refractivity contribution is -0.599. The van der Waals surface area contributed by atoms with Gasteiger partial charge < -0.3 is 9.94 Å². The number of aryl methyl sites for hydroxylation is 1. The standard InChI is InChI=1S/C8H13N3O2/c1-3-4-13-7-5-6(2)11(12)8(9)10-7/h5H,3-4H2,1-2H3,(H2,9,10). The van der Waals surface area contributed by atoms with Crippen LogP contribution in [0.2, 0.25) is 0 Å². The van der Waals surface area contributed by atoms with Crippen LogP contribution in [0.15, 0.2) is 6.07 Å². The number of nitrogens with two attached hydrogens (primary N) is 1. The van der Waals surface area contributed by atoms with Crippen LogP contribution in [0.1, 0.15) is 19.0 Å². The van der Waals surface area contributed by atoms with E-state index in [2.05, 4.69) is 4.98 Å². The third kappa shape index (κ3) is 2.21. The third-order valence-electron chi connectivity index (χ3n) is 1.54. The number of ether oxygens (including phenoxy) is 1. The van der Waals surface area contributed by atoms with Gasteiger partial charge in [0.1, 0.15) is 0 Å². The molecular formula is C8H13N3O2. The number of nitrogen functional groups attached to an aromatic ring is 1. The average Bonchev–Trinajstić information content (AvgIpc) is 2.10. The van der Waals surface area contributed by atoms with Gasteiger partial charge in [-0.05, 0) is 18.3 Å². The largest absolute Gasteiger partial charge is 0.740 e. The molecule has 0 saturated carbocycles. The zero-order valence-corrected chi connectivity index (χ0v) is 7.78. The Hall–Kier alpha value is -1.52. The Labute approximate surface area is 76.7 Å². The fraction of sp³-hybridized carbons (Fsp3) is 0.500. The van der Waals surface area contributed by atoms with Crippen LogP contribution in [0.3, 0.4) is 0 Å². The van der Waals surface area contributed by atoms with Crippen LogP contribution in [0.25, 0.3) is 0 Å². The van der Waals surface area contributed by atoms with Crippen molar-refractivity contribution in [3.05, 3.63) is 17.0 Å². The Bertz CT molecular complexity index is 278. The fourth-order valence-corrected chi connectivity index (χ4v) is 0.889. The summed E-state index contributed by atoms with van der Waals surface area (Å²) >= 11 is 0. The maximum Gasteiger partial charge on any atom is 0.393 e. The minimum atomic E-state index is -0.0777. The van der Waals surface area contributed by atoms with Crippen molar-refractivity contribution in [2.45, 2.75) is 20.3 Å². The first-order valence-electron chi connectivity index (χ1n) is 4.14. The topological polar surface area (TPSA) is 75.1 Å². The third-order valence-corrected chi connectivity index (χ3v) is 1.54. The molecule has 0 aliphatic heterocycles. The monoisotopic (exact) mass is 183 g/mol. The van der Waals surface area contributed by atoms with Gasteiger partial charge in [0, 0.05) is 0 Å². The summed E-state index contributed by atoms with van der Waals surface area (Å²) in [5.41, 5.74) is 5.84. The summed E-state index contributed by atoms with van der Waals surface area (Å²) in [7, 11) is 0. The van der Waals surface area contributed by atoms with Crippen molar-refractivity contribution in [1.82, 2.24) is 4.98 Å². The van der Waals surface area contributed by atoms with Crippen LogP contribution < -0.4 is 15.2 Å². The second kappa shape index (κ2) is 3.93. The first-order chi connectivity index (χ1) is 6.15. The number of hydrogen-bond acceptors (Lipinski definition) is 4. The Morgan fingerprint density at radius 2 is 2.38 bits per heavy atom. The van der Waals surface area contributed by atoms with Gasteiger partial charge in [-0.15, -0.1) is 0 Å². The van der Waals surface area contributed by atoms with Crippen LogP contribution in [0.5, 0.6) is 5.88 Å². The molecule has 0 aliphatic rings. The van der Waals surface area contributed by atoms with Gasteiger partial charge in [-0.25, -0.2) is 4.73 Å². The minimum Gasteiger partial charge on any atom is -0.740 e. The molecule has 0 radical (unpaired) electrons. The van der Waals surface area contributed by atoms with Crippen LogP contribution in [-0.2, 0) is 0 Å².